The Balaban J connectivity index is 2.92. The van der Waals surface area contributed by atoms with E-state index in [2.05, 4.69) is 9.46 Å². The number of rotatable bonds is 7. The highest BCUT2D eigenvalue weighted by Gasteiger charge is 2.21. The highest BCUT2D eigenvalue weighted by Crippen LogP contribution is 2.22. The summed E-state index contributed by atoms with van der Waals surface area (Å²) in [5, 5.41) is 0. The van der Waals surface area contributed by atoms with Gasteiger partial charge in [-0.3, -0.25) is 0 Å². The third kappa shape index (κ3) is 4.85. The van der Waals surface area contributed by atoms with Gasteiger partial charge in [0.15, 0.2) is 0 Å². The van der Waals surface area contributed by atoms with Crippen LogP contribution < -0.4 is 4.72 Å². The number of hydrogen-bond donors (Lipinski definition) is 1. The molecule has 0 radical (unpaired) electrons. The second-order valence-electron chi connectivity index (χ2n) is 4.06. The summed E-state index contributed by atoms with van der Waals surface area (Å²) in [5.74, 6) is -1.47. The van der Waals surface area contributed by atoms with E-state index in [0.29, 0.717) is 6.42 Å². The first-order valence-electron chi connectivity index (χ1n) is 5.83. The van der Waals surface area contributed by atoms with Crippen molar-refractivity contribution in [1.82, 2.24) is 4.72 Å². The first-order chi connectivity index (χ1) is 8.89. The molecule has 1 rings (SSSR count). The Labute approximate surface area is 111 Å². The van der Waals surface area contributed by atoms with Crippen molar-refractivity contribution in [1.29, 1.82) is 0 Å². The second kappa shape index (κ2) is 6.93. The van der Waals surface area contributed by atoms with Crippen molar-refractivity contribution in [2.45, 2.75) is 19.4 Å². The monoisotopic (exact) mass is 293 g/mol. The molecule has 0 fully saturated rings. The predicted octanol–water partition coefficient (Wildman–Crippen LogP) is 1.98. The van der Waals surface area contributed by atoms with Crippen LogP contribution in [-0.2, 0) is 14.8 Å². The van der Waals surface area contributed by atoms with Crippen LogP contribution in [0.5, 0.6) is 0 Å². The predicted molar refractivity (Wildman–Crippen MR) is 68.2 cm³/mol. The molecule has 1 N–H and O–H groups in total. The largest absolute Gasteiger partial charge is 0.384 e. The lowest BCUT2D eigenvalue weighted by molar-refractivity contribution is 0.216. The molecule has 0 heterocycles. The van der Waals surface area contributed by atoms with Gasteiger partial charge in [0, 0.05) is 18.7 Å². The molecule has 7 heteroatoms. The molecule has 0 aliphatic heterocycles. The van der Waals surface area contributed by atoms with E-state index >= 15 is 0 Å². The third-order valence-corrected chi connectivity index (χ3v) is 3.97. The van der Waals surface area contributed by atoms with Gasteiger partial charge in [-0.15, -0.1) is 0 Å². The molecule has 1 aromatic carbocycles. The molecule has 0 unspecified atom stereocenters. The van der Waals surface area contributed by atoms with Gasteiger partial charge in [0.05, 0.1) is 12.4 Å². The number of hydrogen-bond acceptors (Lipinski definition) is 3. The minimum Gasteiger partial charge on any atom is -0.384 e. The van der Waals surface area contributed by atoms with E-state index in [4.69, 9.17) is 0 Å². The van der Waals surface area contributed by atoms with Gasteiger partial charge < -0.3 is 4.74 Å². The lowest BCUT2D eigenvalue weighted by atomic mass is 10.1. The Hall–Kier alpha value is -1.05. The standard InChI is InChI=1S/C12H17F2NO3S/c1-3-12(15-19(16,17)7-6-18-2)10-8-9(13)4-5-11(10)14/h4-5,8,12,15H,3,6-7H2,1-2H3/t12-/m0/s1. The minimum absolute atomic E-state index is 0.00323. The van der Waals surface area contributed by atoms with Crippen LogP contribution in [0, 0.1) is 11.6 Å². The smallest absolute Gasteiger partial charge is 0.214 e. The molecule has 0 spiro atoms. The van der Waals surface area contributed by atoms with Gasteiger partial charge in [0.1, 0.15) is 11.6 Å². The summed E-state index contributed by atoms with van der Waals surface area (Å²) in [4.78, 5) is 0. The van der Waals surface area contributed by atoms with Crippen molar-refractivity contribution in [3.8, 4) is 0 Å². The van der Waals surface area contributed by atoms with Crippen LogP contribution in [0.1, 0.15) is 24.9 Å². The van der Waals surface area contributed by atoms with Gasteiger partial charge >= 0.3 is 0 Å². The molecule has 0 saturated heterocycles. The highest BCUT2D eigenvalue weighted by molar-refractivity contribution is 7.89. The average Bonchev–Trinajstić information content (AvgIpc) is 2.37. The Morgan fingerprint density at radius 3 is 2.63 bits per heavy atom. The lowest BCUT2D eigenvalue weighted by Crippen LogP contribution is -2.32. The van der Waals surface area contributed by atoms with E-state index in [1.165, 1.54) is 7.11 Å². The van der Waals surface area contributed by atoms with E-state index in [1.807, 2.05) is 0 Å². The summed E-state index contributed by atoms with van der Waals surface area (Å²) < 4.78 is 57.2. The molecule has 0 saturated carbocycles. The van der Waals surface area contributed by atoms with Crippen LogP contribution in [0.4, 0.5) is 8.78 Å². The van der Waals surface area contributed by atoms with Crippen molar-refractivity contribution in [2.24, 2.45) is 0 Å². The van der Waals surface area contributed by atoms with Gasteiger partial charge in [0.2, 0.25) is 10.0 Å². The summed E-state index contributed by atoms with van der Waals surface area (Å²) in [7, 11) is -2.21. The third-order valence-electron chi connectivity index (χ3n) is 2.62. The Morgan fingerprint density at radius 2 is 2.05 bits per heavy atom. The zero-order valence-corrected chi connectivity index (χ0v) is 11.6. The van der Waals surface area contributed by atoms with E-state index < -0.39 is 27.7 Å². The Kier molecular flexibility index (Phi) is 5.84. The van der Waals surface area contributed by atoms with Crippen LogP contribution in [-0.4, -0.2) is 27.9 Å². The topological polar surface area (TPSA) is 55.4 Å². The first-order valence-corrected chi connectivity index (χ1v) is 7.48. The maximum Gasteiger partial charge on any atom is 0.214 e. The molecule has 1 atom stereocenters. The molecule has 19 heavy (non-hydrogen) atoms. The molecular formula is C12H17F2NO3S. The summed E-state index contributed by atoms with van der Waals surface area (Å²) in [6.45, 7) is 1.73. The number of halogens is 2. The molecule has 0 aromatic heterocycles. The van der Waals surface area contributed by atoms with E-state index in [0.717, 1.165) is 18.2 Å². The normalized spacial score (nSPS) is 13.5. The van der Waals surface area contributed by atoms with Crippen LogP contribution in [0.25, 0.3) is 0 Å². The molecule has 4 nitrogen and oxygen atoms in total. The first kappa shape index (κ1) is 16.0. The van der Waals surface area contributed by atoms with Gasteiger partial charge in [-0.2, -0.15) is 0 Å². The number of sulfonamides is 1. The fourth-order valence-electron chi connectivity index (χ4n) is 1.62. The average molecular weight is 293 g/mol. The van der Waals surface area contributed by atoms with Crippen molar-refractivity contribution >= 4 is 10.0 Å². The zero-order valence-electron chi connectivity index (χ0n) is 10.8. The SMILES string of the molecule is CC[C@H](NS(=O)(=O)CCOC)c1cc(F)ccc1F. The fraction of sp³-hybridized carbons (Fsp3) is 0.500. The second-order valence-corrected chi connectivity index (χ2v) is 5.93. The van der Waals surface area contributed by atoms with Crippen LogP contribution in [0.3, 0.4) is 0 Å². The lowest BCUT2D eigenvalue weighted by Gasteiger charge is -2.18. The summed E-state index contributed by atoms with van der Waals surface area (Å²) in [5.41, 5.74) is 0.00323. The number of nitrogens with one attached hydrogen (secondary N) is 1. The van der Waals surface area contributed by atoms with Crippen LogP contribution in [0.15, 0.2) is 18.2 Å². The van der Waals surface area contributed by atoms with Crippen molar-refractivity contribution in [3.05, 3.63) is 35.4 Å². The Bertz CT molecular complexity index is 520. The highest BCUT2D eigenvalue weighted by atomic mass is 32.2. The molecule has 108 valence electrons. The molecule has 0 aliphatic carbocycles. The van der Waals surface area contributed by atoms with Gasteiger partial charge in [-0.25, -0.2) is 21.9 Å². The van der Waals surface area contributed by atoms with Crippen molar-refractivity contribution in [2.75, 3.05) is 19.5 Å². The molecule has 0 bridgehead atoms. The summed E-state index contributed by atoms with van der Waals surface area (Å²) in [6, 6.07) is 2.18. The summed E-state index contributed by atoms with van der Waals surface area (Å²) >= 11 is 0. The van der Waals surface area contributed by atoms with Crippen molar-refractivity contribution in [3.63, 3.8) is 0 Å². The van der Waals surface area contributed by atoms with Crippen LogP contribution in [0.2, 0.25) is 0 Å². The van der Waals surface area contributed by atoms with Crippen molar-refractivity contribution < 1.29 is 21.9 Å². The van der Waals surface area contributed by atoms with E-state index in [9.17, 15) is 17.2 Å². The van der Waals surface area contributed by atoms with Gasteiger partial charge in [-0.1, -0.05) is 6.92 Å². The van der Waals surface area contributed by atoms with E-state index in [1.54, 1.807) is 6.92 Å². The summed E-state index contributed by atoms with van der Waals surface area (Å²) in [6.07, 6.45) is 0.312. The van der Waals surface area contributed by atoms with Crippen LogP contribution >= 0.6 is 0 Å². The Morgan fingerprint density at radius 1 is 1.37 bits per heavy atom. The molecule has 0 aliphatic rings. The zero-order chi connectivity index (χ0) is 14.5. The molecule has 0 amide bonds. The number of benzene rings is 1. The maximum absolute atomic E-state index is 13.6. The number of ether oxygens (including phenoxy) is 1. The minimum atomic E-state index is -3.60. The van der Waals surface area contributed by atoms with Gasteiger partial charge in [-0.05, 0) is 24.6 Å². The quantitative estimate of drug-likeness (QED) is 0.836. The van der Waals surface area contributed by atoms with E-state index in [-0.39, 0.29) is 17.9 Å². The molecular weight excluding hydrogens is 276 g/mol. The molecule has 1 aromatic rings. The fourth-order valence-corrected chi connectivity index (χ4v) is 2.85. The maximum atomic E-state index is 13.6. The van der Waals surface area contributed by atoms with Gasteiger partial charge in [0.25, 0.3) is 0 Å². The number of methoxy groups -OCH3 is 1.